The number of rotatable bonds is 5. The van der Waals surface area contributed by atoms with E-state index in [1.165, 1.54) is 0 Å². The van der Waals surface area contributed by atoms with E-state index in [2.05, 4.69) is 0 Å². The molecule has 100 valence electrons. The number of benzene rings is 2. The third-order valence-electron chi connectivity index (χ3n) is 2.41. The number of ether oxygens (including phenoxy) is 2. The van der Waals surface area contributed by atoms with Gasteiger partial charge in [0.2, 0.25) is 0 Å². The number of halogens is 2. The first-order chi connectivity index (χ1) is 9.16. The van der Waals surface area contributed by atoms with Crippen molar-refractivity contribution in [2.45, 2.75) is 0 Å². The minimum Gasteiger partial charge on any atom is -0.488 e. The van der Waals surface area contributed by atoms with E-state index in [9.17, 15) is 0 Å². The zero-order valence-corrected chi connectivity index (χ0v) is 11.6. The van der Waals surface area contributed by atoms with E-state index in [0.717, 1.165) is 0 Å². The second-order valence-electron chi connectivity index (χ2n) is 3.81. The van der Waals surface area contributed by atoms with Crippen LogP contribution in [0.4, 0.5) is 5.69 Å². The van der Waals surface area contributed by atoms with Crippen LogP contribution in [0.5, 0.6) is 11.5 Å². The molecule has 0 fully saturated rings. The fourth-order valence-corrected chi connectivity index (χ4v) is 1.97. The van der Waals surface area contributed by atoms with Gasteiger partial charge in [-0.1, -0.05) is 35.3 Å². The van der Waals surface area contributed by atoms with Crippen LogP contribution in [-0.4, -0.2) is 13.2 Å². The van der Waals surface area contributed by atoms with Gasteiger partial charge in [-0.25, -0.2) is 0 Å². The number of nitrogens with two attached hydrogens (primary N) is 1. The van der Waals surface area contributed by atoms with Crippen LogP contribution in [0.25, 0.3) is 0 Å². The summed E-state index contributed by atoms with van der Waals surface area (Å²) in [6, 6.07) is 12.4. The van der Waals surface area contributed by atoms with Gasteiger partial charge in [-0.05, 0) is 30.3 Å². The smallest absolute Gasteiger partial charge is 0.142 e. The molecule has 19 heavy (non-hydrogen) atoms. The van der Waals surface area contributed by atoms with Crippen LogP contribution in [0.15, 0.2) is 42.5 Å². The summed E-state index contributed by atoms with van der Waals surface area (Å²) in [6.07, 6.45) is 0. The monoisotopic (exact) mass is 297 g/mol. The molecule has 0 saturated heterocycles. The summed E-state index contributed by atoms with van der Waals surface area (Å²) < 4.78 is 11.0. The molecule has 2 rings (SSSR count). The molecule has 0 aliphatic carbocycles. The third kappa shape index (κ3) is 3.94. The number of hydrogen-bond donors (Lipinski definition) is 1. The van der Waals surface area contributed by atoms with Gasteiger partial charge in [0.1, 0.15) is 24.7 Å². The quantitative estimate of drug-likeness (QED) is 0.669. The maximum atomic E-state index is 5.98. The lowest BCUT2D eigenvalue weighted by atomic mass is 10.3. The molecule has 0 amide bonds. The van der Waals surface area contributed by atoms with Crippen molar-refractivity contribution in [1.82, 2.24) is 0 Å². The Bertz CT molecular complexity index is 561. The molecule has 0 unspecified atom stereocenters. The second kappa shape index (κ2) is 6.55. The largest absolute Gasteiger partial charge is 0.488 e. The Morgan fingerprint density at radius 1 is 0.895 bits per heavy atom. The van der Waals surface area contributed by atoms with Crippen LogP contribution < -0.4 is 15.2 Å². The van der Waals surface area contributed by atoms with Gasteiger partial charge in [0.15, 0.2) is 0 Å². The molecule has 2 N–H and O–H groups in total. The first-order valence-electron chi connectivity index (χ1n) is 5.72. The summed E-state index contributed by atoms with van der Waals surface area (Å²) in [5.74, 6) is 1.23. The Balaban J connectivity index is 1.83. The minimum absolute atomic E-state index is 0.371. The van der Waals surface area contributed by atoms with E-state index in [0.29, 0.717) is 40.4 Å². The van der Waals surface area contributed by atoms with Crippen molar-refractivity contribution in [3.05, 3.63) is 52.5 Å². The number of anilines is 1. The molecule has 0 saturated carbocycles. The highest BCUT2D eigenvalue weighted by atomic mass is 35.5. The third-order valence-corrected chi connectivity index (χ3v) is 2.94. The Morgan fingerprint density at radius 2 is 1.58 bits per heavy atom. The summed E-state index contributed by atoms with van der Waals surface area (Å²) in [4.78, 5) is 0. The van der Waals surface area contributed by atoms with Gasteiger partial charge >= 0.3 is 0 Å². The Morgan fingerprint density at radius 3 is 2.26 bits per heavy atom. The summed E-state index contributed by atoms with van der Waals surface area (Å²) in [7, 11) is 0. The number of nitrogen functional groups attached to an aromatic ring is 1. The Hall–Kier alpha value is -1.58. The summed E-state index contributed by atoms with van der Waals surface area (Å²) in [5, 5.41) is 1.05. The average molecular weight is 298 g/mol. The van der Waals surface area contributed by atoms with Crippen LogP contribution in [0.1, 0.15) is 0 Å². The molecule has 5 heteroatoms. The maximum Gasteiger partial charge on any atom is 0.142 e. The molecular weight excluding hydrogens is 285 g/mol. The summed E-state index contributed by atoms with van der Waals surface area (Å²) in [6.45, 7) is 0.753. The minimum atomic E-state index is 0.371. The topological polar surface area (TPSA) is 44.5 Å². The van der Waals surface area contributed by atoms with E-state index >= 15 is 0 Å². The van der Waals surface area contributed by atoms with Crippen LogP contribution >= 0.6 is 23.2 Å². The molecule has 2 aromatic rings. The molecule has 2 aromatic carbocycles. The zero-order chi connectivity index (χ0) is 13.7. The standard InChI is InChI=1S/C14H13Cl2NO2/c15-10-5-6-13(11(16)9-10)18-7-8-19-14-4-2-1-3-12(14)17/h1-6,9H,7-8,17H2. The van der Waals surface area contributed by atoms with Gasteiger partial charge in [-0.2, -0.15) is 0 Å². The van der Waals surface area contributed by atoms with E-state index in [-0.39, 0.29) is 0 Å². The lowest BCUT2D eigenvalue weighted by molar-refractivity contribution is 0.218. The van der Waals surface area contributed by atoms with Crippen LogP contribution in [0.3, 0.4) is 0 Å². The van der Waals surface area contributed by atoms with Crippen molar-refractivity contribution >= 4 is 28.9 Å². The number of para-hydroxylation sites is 2. The Labute approximate surface area is 121 Å². The van der Waals surface area contributed by atoms with Gasteiger partial charge in [-0.3, -0.25) is 0 Å². The van der Waals surface area contributed by atoms with Crippen molar-refractivity contribution in [1.29, 1.82) is 0 Å². The molecule has 0 aromatic heterocycles. The molecule has 0 aliphatic heterocycles. The fraction of sp³-hybridized carbons (Fsp3) is 0.143. The van der Waals surface area contributed by atoms with Crippen molar-refractivity contribution in [2.24, 2.45) is 0 Å². The SMILES string of the molecule is Nc1ccccc1OCCOc1ccc(Cl)cc1Cl. The maximum absolute atomic E-state index is 5.98. The fourth-order valence-electron chi connectivity index (χ4n) is 1.51. The first kappa shape index (κ1) is 13.8. The van der Waals surface area contributed by atoms with Crippen molar-refractivity contribution < 1.29 is 9.47 Å². The lowest BCUT2D eigenvalue weighted by Gasteiger charge is -2.10. The molecule has 0 radical (unpaired) electrons. The van der Waals surface area contributed by atoms with E-state index in [1.54, 1.807) is 24.3 Å². The normalized spacial score (nSPS) is 10.2. The van der Waals surface area contributed by atoms with Crippen LogP contribution in [-0.2, 0) is 0 Å². The van der Waals surface area contributed by atoms with E-state index < -0.39 is 0 Å². The molecule has 3 nitrogen and oxygen atoms in total. The van der Waals surface area contributed by atoms with Gasteiger partial charge in [0.05, 0.1) is 10.7 Å². The molecular formula is C14H13Cl2NO2. The Kier molecular flexibility index (Phi) is 4.77. The van der Waals surface area contributed by atoms with Gasteiger partial charge < -0.3 is 15.2 Å². The summed E-state index contributed by atoms with van der Waals surface area (Å²) in [5.41, 5.74) is 6.36. The van der Waals surface area contributed by atoms with E-state index in [1.807, 2.05) is 18.2 Å². The zero-order valence-electron chi connectivity index (χ0n) is 10.1. The predicted molar refractivity (Wildman–Crippen MR) is 78.3 cm³/mol. The molecule has 0 spiro atoms. The highest BCUT2D eigenvalue weighted by Crippen LogP contribution is 2.27. The van der Waals surface area contributed by atoms with Gasteiger partial charge in [0.25, 0.3) is 0 Å². The first-order valence-corrected chi connectivity index (χ1v) is 6.47. The highest BCUT2D eigenvalue weighted by Gasteiger charge is 2.03. The summed E-state index contributed by atoms with van der Waals surface area (Å²) >= 11 is 11.8. The van der Waals surface area contributed by atoms with Crippen molar-refractivity contribution in [2.75, 3.05) is 18.9 Å². The number of hydrogen-bond acceptors (Lipinski definition) is 3. The van der Waals surface area contributed by atoms with Crippen molar-refractivity contribution in [3.8, 4) is 11.5 Å². The molecule has 0 heterocycles. The van der Waals surface area contributed by atoms with Crippen LogP contribution in [0, 0.1) is 0 Å². The van der Waals surface area contributed by atoms with E-state index in [4.69, 9.17) is 38.4 Å². The van der Waals surface area contributed by atoms with Crippen molar-refractivity contribution in [3.63, 3.8) is 0 Å². The van der Waals surface area contributed by atoms with Gasteiger partial charge in [-0.15, -0.1) is 0 Å². The molecule has 0 aliphatic rings. The molecule has 0 bridgehead atoms. The average Bonchev–Trinajstić information content (AvgIpc) is 2.38. The molecule has 0 atom stereocenters. The van der Waals surface area contributed by atoms with Crippen LogP contribution in [0.2, 0.25) is 10.0 Å². The highest BCUT2D eigenvalue weighted by molar-refractivity contribution is 6.35. The predicted octanol–water partition coefficient (Wildman–Crippen LogP) is 4.03. The lowest BCUT2D eigenvalue weighted by Crippen LogP contribution is -2.10. The second-order valence-corrected chi connectivity index (χ2v) is 4.65. The van der Waals surface area contributed by atoms with Gasteiger partial charge in [0, 0.05) is 5.02 Å².